The number of nitrogens with zero attached hydrogens (tertiary/aromatic N) is 2. The van der Waals surface area contributed by atoms with E-state index in [4.69, 9.17) is 4.74 Å². The maximum Gasteiger partial charge on any atom is 0.255 e. The second-order valence-corrected chi connectivity index (χ2v) is 7.33. The van der Waals surface area contributed by atoms with Gasteiger partial charge in [0.15, 0.2) is 5.82 Å². The monoisotopic (exact) mass is 370 g/mol. The fourth-order valence-corrected chi connectivity index (χ4v) is 4.49. The van der Waals surface area contributed by atoms with Crippen LogP contribution in [0.15, 0.2) is 29.1 Å². The van der Waals surface area contributed by atoms with Crippen molar-refractivity contribution in [1.29, 1.82) is 0 Å². The van der Waals surface area contributed by atoms with Gasteiger partial charge in [0, 0.05) is 29.9 Å². The number of anilines is 1. The Kier molecular flexibility index (Phi) is 3.99. The van der Waals surface area contributed by atoms with Gasteiger partial charge in [-0.15, -0.1) is 11.8 Å². The van der Waals surface area contributed by atoms with Crippen molar-refractivity contribution in [2.45, 2.75) is 12.2 Å². The first-order valence-corrected chi connectivity index (χ1v) is 9.18. The molecule has 26 heavy (non-hydrogen) atoms. The number of methoxy groups -OCH3 is 1. The fourth-order valence-electron chi connectivity index (χ4n) is 3.29. The molecule has 1 atom stereocenters. The average Bonchev–Trinajstić information content (AvgIpc) is 2.90. The van der Waals surface area contributed by atoms with Crippen molar-refractivity contribution < 1.29 is 9.53 Å². The number of aryl methyl sites for hydroxylation is 2. The summed E-state index contributed by atoms with van der Waals surface area (Å²) in [5.41, 5.74) is 3.04. The standard InChI is InChI=1S/C18H18N4O3S/c1-9-15-16(26-8-14(23)19-17(15)21-20-9)12-6-10-4-5-11(25-3)7-13(10)22(2)18(12)24/h4-7,16H,8H2,1-3H3,(H2,19,20,21,23). The van der Waals surface area contributed by atoms with Gasteiger partial charge in [0.25, 0.3) is 5.56 Å². The van der Waals surface area contributed by atoms with E-state index in [1.807, 2.05) is 31.2 Å². The van der Waals surface area contributed by atoms with Crippen molar-refractivity contribution in [2.75, 3.05) is 18.2 Å². The number of ether oxygens (including phenoxy) is 1. The highest BCUT2D eigenvalue weighted by Crippen LogP contribution is 2.41. The van der Waals surface area contributed by atoms with Crippen LogP contribution in [0.5, 0.6) is 5.75 Å². The van der Waals surface area contributed by atoms with Crippen LogP contribution in [0.25, 0.3) is 10.9 Å². The van der Waals surface area contributed by atoms with Crippen molar-refractivity contribution in [3.05, 3.63) is 51.4 Å². The Labute approximate surface area is 153 Å². The lowest BCUT2D eigenvalue weighted by Gasteiger charge is -2.17. The minimum Gasteiger partial charge on any atom is -0.497 e. The quantitative estimate of drug-likeness (QED) is 0.723. The summed E-state index contributed by atoms with van der Waals surface area (Å²) in [5.74, 6) is 1.35. The predicted octanol–water partition coefficient (Wildman–Crippen LogP) is 2.35. The summed E-state index contributed by atoms with van der Waals surface area (Å²) in [4.78, 5) is 25.1. The Morgan fingerprint density at radius 1 is 1.31 bits per heavy atom. The molecule has 2 aromatic heterocycles. The molecule has 0 saturated heterocycles. The van der Waals surface area contributed by atoms with Crippen LogP contribution in [0, 0.1) is 6.92 Å². The van der Waals surface area contributed by atoms with Crippen molar-refractivity contribution in [2.24, 2.45) is 7.05 Å². The van der Waals surface area contributed by atoms with E-state index in [1.54, 1.807) is 18.7 Å². The van der Waals surface area contributed by atoms with Crippen LogP contribution in [0.3, 0.4) is 0 Å². The molecule has 0 bridgehead atoms. The molecule has 2 N–H and O–H groups in total. The molecule has 0 radical (unpaired) electrons. The number of hydrogen-bond donors (Lipinski definition) is 2. The molecule has 134 valence electrons. The van der Waals surface area contributed by atoms with E-state index in [0.29, 0.717) is 17.1 Å². The molecule has 1 aliphatic heterocycles. The lowest BCUT2D eigenvalue weighted by atomic mass is 10.0. The highest BCUT2D eigenvalue weighted by atomic mass is 32.2. The number of amides is 1. The summed E-state index contributed by atoms with van der Waals surface area (Å²) in [6.45, 7) is 1.90. The number of rotatable bonds is 2. The molecule has 0 spiro atoms. The van der Waals surface area contributed by atoms with Gasteiger partial charge in [0.2, 0.25) is 5.91 Å². The van der Waals surface area contributed by atoms with Crippen LogP contribution in [0.4, 0.5) is 5.82 Å². The van der Waals surface area contributed by atoms with Gasteiger partial charge >= 0.3 is 0 Å². The maximum atomic E-state index is 13.1. The minimum atomic E-state index is -0.270. The molecular formula is C18H18N4O3S. The van der Waals surface area contributed by atoms with Crippen molar-refractivity contribution in [3.63, 3.8) is 0 Å². The summed E-state index contributed by atoms with van der Waals surface area (Å²) in [5, 5.41) is 10.6. The summed E-state index contributed by atoms with van der Waals surface area (Å²) < 4.78 is 6.89. The van der Waals surface area contributed by atoms with Gasteiger partial charge in [-0.05, 0) is 30.5 Å². The number of nitrogens with one attached hydrogen (secondary N) is 2. The van der Waals surface area contributed by atoms with Gasteiger partial charge in [-0.25, -0.2) is 0 Å². The van der Waals surface area contributed by atoms with Crippen molar-refractivity contribution in [3.8, 4) is 5.75 Å². The zero-order valence-electron chi connectivity index (χ0n) is 14.6. The third kappa shape index (κ3) is 2.57. The van der Waals surface area contributed by atoms with Crippen LogP contribution in [-0.4, -0.2) is 33.5 Å². The number of thioether (sulfide) groups is 1. The highest BCUT2D eigenvalue weighted by Gasteiger charge is 2.30. The molecule has 4 rings (SSSR count). The molecule has 1 amide bonds. The first-order chi connectivity index (χ1) is 12.5. The average molecular weight is 370 g/mol. The van der Waals surface area contributed by atoms with E-state index in [0.717, 1.165) is 22.2 Å². The van der Waals surface area contributed by atoms with Crippen molar-refractivity contribution in [1.82, 2.24) is 14.8 Å². The number of aromatic nitrogens is 3. The third-order valence-corrected chi connectivity index (χ3v) is 5.89. The highest BCUT2D eigenvalue weighted by molar-refractivity contribution is 8.00. The first kappa shape index (κ1) is 16.7. The second kappa shape index (κ2) is 6.21. The van der Waals surface area contributed by atoms with E-state index in [9.17, 15) is 9.59 Å². The van der Waals surface area contributed by atoms with E-state index >= 15 is 0 Å². The van der Waals surface area contributed by atoms with Gasteiger partial charge in [0.1, 0.15) is 5.75 Å². The summed E-state index contributed by atoms with van der Waals surface area (Å²) in [7, 11) is 3.35. The van der Waals surface area contributed by atoms with Gasteiger partial charge < -0.3 is 14.6 Å². The summed E-state index contributed by atoms with van der Waals surface area (Å²) in [6.07, 6.45) is 0. The van der Waals surface area contributed by atoms with Gasteiger partial charge in [-0.2, -0.15) is 5.10 Å². The Morgan fingerprint density at radius 3 is 2.88 bits per heavy atom. The Hall–Kier alpha value is -2.74. The minimum absolute atomic E-state index is 0.0934. The summed E-state index contributed by atoms with van der Waals surface area (Å²) in [6, 6.07) is 7.56. The second-order valence-electron chi connectivity index (χ2n) is 6.24. The molecule has 0 fully saturated rings. The number of aromatic amines is 1. The molecule has 3 aromatic rings. The largest absolute Gasteiger partial charge is 0.497 e. The smallest absolute Gasteiger partial charge is 0.255 e. The maximum absolute atomic E-state index is 13.1. The van der Waals surface area contributed by atoms with Gasteiger partial charge in [-0.1, -0.05) is 0 Å². The number of carbonyl (C=O) groups excluding carboxylic acids is 1. The number of carbonyl (C=O) groups is 1. The molecule has 0 aliphatic carbocycles. The van der Waals surface area contributed by atoms with E-state index < -0.39 is 0 Å². The van der Waals surface area contributed by atoms with Crippen LogP contribution in [-0.2, 0) is 11.8 Å². The van der Waals surface area contributed by atoms with E-state index in [2.05, 4.69) is 15.5 Å². The van der Waals surface area contributed by atoms with Crippen LogP contribution in [0.2, 0.25) is 0 Å². The lowest BCUT2D eigenvalue weighted by molar-refractivity contribution is -0.113. The predicted molar refractivity (Wildman–Crippen MR) is 102 cm³/mol. The number of hydrogen-bond acceptors (Lipinski definition) is 5. The van der Waals surface area contributed by atoms with Crippen LogP contribution in [0.1, 0.15) is 22.1 Å². The number of fused-ring (bicyclic) bond motifs is 2. The van der Waals surface area contributed by atoms with Gasteiger partial charge in [-0.3, -0.25) is 14.7 Å². The molecule has 0 saturated carbocycles. The SMILES string of the molecule is COc1ccc2cc(C3SCC(=O)Nc4n[nH]c(C)c43)c(=O)n(C)c2c1. The Balaban J connectivity index is 1.94. The number of benzene rings is 1. The first-order valence-electron chi connectivity index (χ1n) is 8.13. The zero-order chi connectivity index (χ0) is 18.4. The topological polar surface area (TPSA) is 89.0 Å². The van der Waals surface area contributed by atoms with E-state index in [1.165, 1.54) is 11.8 Å². The normalized spacial score (nSPS) is 16.9. The van der Waals surface area contributed by atoms with E-state index in [-0.39, 0.29) is 22.5 Å². The Bertz CT molecular complexity index is 1090. The van der Waals surface area contributed by atoms with Crippen LogP contribution < -0.4 is 15.6 Å². The molecule has 1 aliphatic rings. The van der Waals surface area contributed by atoms with Gasteiger partial charge in [0.05, 0.1) is 23.6 Å². The molecule has 1 unspecified atom stereocenters. The number of pyridine rings is 1. The summed E-state index contributed by atoms with van der Waals surface area (Å²) >= 11 is 1.44. The number of H-pyrrole nitrogens is 1. The van der Waals surface area contributed by atoms with Crippen LogP contribution >= 0.6 is 11.8 Å². The lowest BCUT2D eigenvalue weighted by Crippen LogP contribution is -2.23. The molecule has 7 nitrogen and oxygen atoms in total. The zero-order valence-corrected chi connectivity index (χ0v) is 15.4. The molecule has 8 heteroatoms. The molecule has 3 heterocycles. The fraction of sp³-hybridized carbons (Fsp3) is 0.278. The third-order valence-electron chi connectivity index (χ3n) is 4.64. The Morgan fingerprint density at radius 2 is 2.12 bits per heavy atom. The molecular weight excluding hydrogens is 352 g/mol. The van der Waals surface area contributed by atoms with Crippen molar-refractivity contribution >= 4 is 34.4 Å². The molecule has 1 aromatic carbocycles.